The van der Waals surface area contributed by atoms with Crippen molar-refractivity contribution in [2.45, 2.75) is 0 Å². The maximum Gasteiger partial charge on any atom is 0.137 e. The molecule has 0 radical (unpaired) electrons. The molecule has 248 valence electrons. The van der Waals surface area contributed by atoms with E-state index in [9.17, 15) is 0 Å². The van der Waals surface area contributed by atoms with Crippen molar-refractivity contribution in [3.63, 3.8) is 0 Å². The first-order valence-electron chi connectivity index (χ1n) is 18.0. The molecule has 53 heavy (non-hydrogen) atoms. The molecular weight excluding hydrogens is 663 g/mol. The Labute approximate surface area is 310 Å². The van der Waals surface area contributed by atoms with E-state index < -0.39 is 0 Å². The van der Waals surface area contributed by atoms with Gasteiger partial charge in [-0.05, 0) is 92.3 Å². The highest BCUT2D eigenvalue weighted by atomic mass is 32.1. The minimum Gasteiger partial charge on any atom is -0.456 e. The Morgan fingerprint density at radius 2 is 1.09 bits per heavy atom. The van der Waals surface area contributed by atoms with Crippen molar-refractivity contribution in [1.29, 1.82) is 0 Å². The van der Waals surface area contributed by atoms with Gasteiger partial charge in [0, 0.05) is 31.2 Å². The topological polar surface area (TPSA) is 16.4 Å². The number of anilines is 3. The summed E-state index contributed by atoms with van der Waals surface area (Å²) in [4.78, 5) is 2.47. The summed E-state index contributed by atoms with van der Waals surface area (Å²) in [6.45, 7) is 0. The molecule has 0 saturated carbocycles. The summed E-state index contributed by atoms with van der Waals surface area (Å²) < 4.78 is 9.26. The second kappa shape index (κ2) is 11.9. The molecule has 0 amide bonds. The van der Waals surface area contributed by atoms with Crippen LogP contribution in [-0.2, 0) is 0 Å². The molecule has 2 aromatic heterocycles. The van der Waals surface area contributed by atoms with Crippen molar-refractivity contribution < 1.29 is 4.42 Å². The number of benzene rings is 9. The van der Waals surface area contributed by atoms with Crippen molar-refractivity contribution in [2.75, 3.05) is 4.90 Å². The van der Waals surface area contributed by atoms with Crippen LogP contribution in [0.4, 0.5) is 17.1 Å². The molecule has 2 heterocycles. The summed E-state index contributed by atoms with van der Waals surface area (Å²) in [5, 5.41) is 9.64. The first-order chi connectivity index (χ1) is 26.3. The van der Waals surface area contributed by atoms with Gasteiger partial charge in [0.1, 0.15) is 11.2 Å². The molecule has 0 aliphatic rings. The van der Waals surface area contributed by atoms with E-state index in [2.05, 4.69) is 193 Å². The molecule has 0 fully saturated rings. The normalized spacial score (nSPS) is 11.8. The fourth-order valence-electron chi connectivity index (χ4n) is 8.18. The zero-order valence-corrected chi connectivity index (χ0v) is 29.5. The SMILES string of the molecule is c1ccc(-c2ccc3c(c2)oc2cccc(N(c4ccc5ccc6ccccc6c5c4)c4ccc(-c5ccccc5)c5sc6ccccc6c45)c23)cc1. The summed E-state index contributed by atoms with van der Waals surface area (Å²) >= 11 is 1.87. The highest BCUT2D eigenvalue weighted by Gasteiger charge is 2.24. The quantitative estimate of drug-likeness (QED) is 0.167. The highest BCUT2D eigenvalue weighted by Crippen LogP contribution is 2.51. The first kappa shape index (κ1) is 30.0. The van der Waals surface area contributed by atoms with Crippen LogP contribution in [-0.4, -0.2) is 0 Å². The molecule has 11 aromatic rings. The average molecular weight is 694 g/mol. The number of hydrogen-bond acceptors (Lipinski definition) is 3. The van der Waals surface area contributed by atoms with Crippen LogP contribution in [0.15, 0.2) is 192 Å². The summed E-state index contributed by atoms with van der Waals surface area (Å²) in [6.07, 6.45) is 0. The van der Waals surface area contributed by atoms with Crippen LogP contribution in [0.25, 0.3) is 85.9 Å². The molecule has 0 saturated heterocycles. The van der Waals surface area contributed by atoms with Gasteiger partial charge in [-0.3, -0.25) is 0 Å². The average Bonchev–Trinajstić information content (AvgIpc) is 3.81. The Bertz CT molecular complexity index is 3180. The summed E-state index contributed by atoms with van der Waals surface area (Å²) in [7, 11) is 0. The minimum absolute atomic E-state index is 0.867. The van der Waals surface area contributed by atoms with Gasteiger partial charge in [-0.1, -0.05) is 140 Å². The standard InChI is InChI=1S/C50H31NOS/c1-3-12-32(13-4-1)36-25-27-40-46(30-36)52-45-20-11-19-43(48(40)45)51(37-26-24-35-23-22-34-16-7-8-17-38(34)42(35)31-37)44-29-28-39(33-14-5-2-6-15-33)50-49(44)41-18-9-10-21-47(41)53-50/h1-31H. The van der Waals surface area contributed by atoms with Crippen LogP contribution < -0.4 is 4.90 Å². The molecule has 0 bridgehead atoms. The van der Waals surface area contributed by atoms with Crippen LogP contribution >= 0.6 is 11.3 Å². The molecule has 0 N–H and O–H groups in total. The van der Waals surface area contributed by atoms with E-state index >= 15 is 0 Å². The van der Waals surface area contributed by atoms with Crippen LogP contribution in [0.3, 0.4) is 0 Å². The fraction of sp³-hybridized carbons (Fsp3) is 0. The first-order valence-corrected chi connectivity index (χ1v) is 18.8. The Balaban J connectivity index is 1.24. The van der Waals surface area contributed by atoms with Gasteiger partial charge < -0.3 is 9.32 Å². The molecular formula is C50H31NOS. The van der Waals surface area contributed by atoms with Crippen molar-refractivity contribution in [3.05, 3.63) is 188 Å². The maximum atomic E-state index is 6.70. The van der Waals surface area contributed by atoms with E-state index in [1.807, 2.05) is 11.3 Å². The highest BCUT2D eigenvalue weighted by molar-refractivity contribution is 7.26. The zero-order chi connectivity index (χ0) is 34.9. The number of rotatable bonds is 5. The van der Waals surface area contributed by atoms with Gasteiger partial charge in [0.25, 0.3) is 0 Å². The number of fused-ring (bicyclic) bond motifs is 9. The van der Waals surface area contributed by atoms with Gasteiger partial charge in [0.05, 0.1) is 16.8 Å². The summed E-state index contributed by atoms with van der Waals surface area (Å²) in [5.74, 6) is 0. The van der Waals surface area contributed by atoms with Crippen LogP contribution in [0.1, 0.15) is 0 Å². The second-order valence-corrected chi connectivity index (χ2v) is 14.7. The van der Waals surface area contributed by atoms with E-state index in [4.69, 9.17) is 4.42 Å². The Hall–Kier alpha value is -6.68. The second-order valence-electron chi connectivity index (χ2n) is 13.7. The van der Waals surface area contributed by atoms with E-state index in [-0.39, 0.29) is 0 Å². The summed E-state index contributed by atoms with van der Waals surface area (Å²) in [6, 6.07) is 67.9. The number of nitrogens with zero attached hydrogens (tertiary/aromatic N) is 1. The van der Waals surface area contributed by atoms with Gasteiger partial charge in [0.2, 0.25) is 0 Å². The lowest BCUT2D eigenvalue weighted by molar-refractivity contribution is 0.669. The fourth-order valence-corrected chi connectivity index (χ4v) is 9.44. The largest absolute Gasteiger partial charge is 0.456 e. The van der Waals surface area contributed by atoms with E-state index in [1.54, 1.807) is 0 Å². The predicted octanol–water partition coefficient (Wildman–Crippen LogP) is 15.1. The lowest BCUT2D eigenvalue weighted by Crippen LogP contribution is -2.11. The molecule has 2 nitrogen and oxygen atoms in total. The zero-order valence-electron chi connectivity index (χ0n) is 28.7. The van der Waals surface area contributed by atoms with Crippen LogP contribution in [0, 0.1) is 0 Å². The molecule has 0 unspecified atom stereocenters. The van der Waals surface area contributed by atoms with Crippen molar-refractivity contribution in [2.24, 2.45) is 0 Å². The predicted molar refractivity (Wildman–Crippen MR) is 227 cm³/mol. The third-order valence-electron chi connectivity index (χ3n) is 10.6. The van der Waals surface area contributed by atoms with E-state index in [1.165, 1.54) is 58.4 Å². The molecule has 11 rings (SSSR count). The third kappa shape index (κ3) is 4.78. The van der Waals surface area contributed by atoms with Crippen molar-refractivity contribution in [3.8, 4) is 22.3 Å². The van der Waals surface area contributed by atoms with Gasteiger partial charge in [-0.2, -0.15) is 0 Å². The van der Waals surface area contributed by atoms with Gasteiger partial charge in [-0.25, -0.2) is 0 Å². The number of furan rings is 1. The van der Waals surface area contributed by atoms with Crippen molar-refractivity contribution >= 4 is 92.1 Å². The van der Waals surface area contributed by atoms with Gasteiger partial charge in [-0.15, -0.1) is 11.3 Å². The smallest absolute Gasteiger partial charge is 0.137 e. The van der Waals surface area contributed by atoms with Crippen LogP contribution in [0.5, 0.6) is 0 Å². The lowest BCUT2D eigenvalue weighted by atomic mass is 9.98. The Morgan fingerprint density at radius 1 is 0.396 bits per heavy atom. The lowest BCUT2D eigenvalue weighted by Gasteiger charge is -2.28. The molecule has 0 aliphatic carbocycles. The molecule has 0 aliphatic heterocycles. The molecule has 3 heteroatoms. The van der Waals surface area contributed by atoms with Crippen LogP contribution in [0.2, 0.25) is 0 Å². The summed E-state index contributed by atoms with van der Waals surface area (Å²) in [5.41, 5.74) is 9.84. The Kier molecular flexibility index (Phi) is 6.76. The van der Waals surface area contributed by atoms with Gasteiger partial charge in [0.15, 0.2) is 0 Å². The minimum atomic E-state index is 0.867. The number of hydrogen-bond donors (Lipinski definition) is 0. The maximum absolute atomic E-state index is 6.70. The van der Waals surface area contributed by atoms with E-state index in [0.29, 0.717) is 0 Å². The van der Waals surface area contributed by atoms with E-state index in [0.717, 1.165) is 44.6 Å². The van der Waals surface area contributed by atoms with Gasteiger partial charge >= 0.3 is 0 Å². The third-order valence-corrected chi connectivity index (χ3v) is 11.8. The number of thiophene rings is 1. The Morgan fingerprint density at radius 3 is 1.94 bits per heavy atom. The van der Waals surface area contributed by atoms with Crippen molar-refractivity contribution in [1.82, 2.24) is 0 Å². The molecule has 0 atom stereocenters. The monoisotopic (exact) mass is 693 g/mol. The molecule has 0 spiro atoms. The molecule has 9 aromatic carbocycles.